The average Bonchev–Trinajstić information content (AvgIpc) is 2.53. The van der Waals surface area contributed by atoms with E-state index in [-0.39, 0.29) is 5.39 Å². The zero-order chi connectivity index (χ0) is 15.9. The Kier molecular flexibility index (Phi) is 3.14. The SMILES string of the molecule is Cn1c(=O)c([N+](=O)[O-])c(O)c2cc(-c3ccccc3)ccc21. The first-order chi connectivity index (χ1) is 10.5. The predicted molar refractivity (Wildman–Crippen MR) is 82.9 cm³/mol. The first kappa shape index (κ1) is 13.8. The number of aromatic hydroxyl groups is 1. The number of nitrogens with zero attached hydrogens (tertiary/aromatic N) is 2. The number of nitro groups is 1. The molecule has 22 heavy (non-hydrogen) atoms. The van der Waals surface area contributed by atoms with Crippen LogP contribution in [0, 0.1) is 10.1 Å². The maximum Gasteiger partial charge on any atom is 0.375 e. The molecule has 0 fully saturated rings. The van der Waals surface area contributed by atoms with Gasteiger partial charge in [-0.2, -0.15) is 0 Å². The van der Waals surface area contributed by atoms with Gasteiger partial charge in [0, 0.05) is 12.4 Å². The highest BCUT2D eigenvalue weighted by molar-refractivity contribution is 5.92. The Morgan fingerprint density at radius 1 is 1.09 bits per heavy atom. The number of fused-ring (bicyclic) bond motifs is 1. The van der Waals surface area contributed by atoms with E-state index in [0.29, 0.717) is 5.52 Å². The Morgan fingerprint density at radius 2 is 1.77 bits per heavy atom. The molecule has 1 heterocycles. The van der Waals surface area contributed by atoms with Crippen LogP contribution in [-0.2, 0) is 7.05 Å². The first-order valence-electron chi connectivity index (χ1n) is 6.56. The molecule has 3 rings (SSSR count). The second kappa shape index (κ2) is 5.00. The lowest BCUT2D eigenvalue weighted by Gasteiger charge is -2.09. The van der Waals surface area contributed by atoms with Gasteiger partial charge in [-0.25, -0.2) is 0 Å². The average molecular weight is 296 g/mol. The van der Waals surface area contributed by atoms with Gasteiger partial charge in [0.2, 0.25) is 5.75 Å². The van der Waals surface area contributed by atoms with E-state index >= 15 is 0 Å². The molecule has 0 aliphatic rings. The summed E-state index contributed by atoms with van der Waals surface area (Å²) in [6.07, 6.45) is 0. The van der Waals surface area contributed by atoms with Gasteiger partial charge in [0.25, 0.3) is 0 Å². The van der Waals surface area contributed by atoms with Gasteiger partial charge >= 0.3 is 11.2 Å². The van der Waals surface area contributed by atoms with Gasteiger partial charge in [-0.15, -0.1) is 0 Å². The quantitative estimate of drug-likeness (QED) is 0.582. The lowest BCUT2D eigenvalue weighted by molar-refractivity contribution is -0.387. The number of aryl methyl sites for hydroxylation is 1. The van der Waals surface area contributed by atoms with Crippen molar-refractivity contribution in [1.29, 1.82) is 0 Å². The molecule has 0 saturated heterocycles. The maximum atomic E-state index is 12.0. The summed E-state index contributed by atoms with van der Waals surface area (Å²) in [5.74, 6) is -0.596. The summed E-state index contributed by atoms with van der Waals surface area (Å²) in [5.41, 5.74) is 0.520. The van der Waals surface area contributed by atoms with E-state index < -0.39 is 21.9 Å². The third kappa shape index (κ3) is 2.01. The minimum absolute atomic E-state index is 0.273. The molecule has 6 heteroatoms. The Bertz CT molecular complexity index is 946. The van der Waals surface area contributed by atoms with E-state index in [1.165, 1.54) is 11.6 Å². The van der Waals surface area contributed by atoms with E-state index in [9.17, 15) is 20.0 Å². The number of hydrogen-bond acceptors (Lipinski definition) is 4. The molecular weight excluding hydrogens is 284 g/mol. The topological polar surface area (TPSA) is 85.4 Å². The molecule has 0 amide bonds. The molecule has 110 valence electrons. The van der Waals surface area contributed by atoms with Crippen molar-refractivity contribution in [3.8, 4) is 16.9 Å². The van der Waals surface area contributed by atoms with Crippen LogP contribution in [0.4, 0.5) is 5.69 Å². The third-order valence-electron chi connectivity index (χ3n) is 3.63. The van der Waals surface area contributed by atoms with E-state index in [4.69, 9.17) is 0 Å². The van der Waals surface area contributed by atoms with Crippen LogP contribution in [0.1, 0.15) is 0 Å². The number of hydrogen-bond donors (Lipinski definition) is 1. The van der Waals surface area contributed by atoms with Crippen molar-refractivity contribution in [2.45, 2.75) is 0 Å². The number of benzene rings is 2. The van der Waals surface area contributed by atoms with Gasteiger partial charge in [-0.3, -0.25) is 14.9 Å². The predicted octanol–water partition coefficient (Wildman–Crippen LogP) is 2.82. The molecule has 0 unspecified atom stereocenters. The number of aromatic nitrogens is 1. The molecule has 3 aromatic rings. The largest absolute Gasteiger partial charge is 0.501 e. The molecule has 2 aromatic carbocycles. The molecule has 0 aliphatic carbocycles. The minimum Gasteiger partial charge on any atom is -0.501 e. The zero-order valence-electron chi connectivity index (χ0n) is 11.7. The van der Waals surface area contributed by atoms with Crippen LogP contribution in [0.15, 0.2) is 53.3 Å². The zero-order valence-corrected chi connectivity index (χ0v) is 11.7. The Labute approximate surface area is 125 Å². The van der Waals surface area contributed by atoms with Crippen molar-refractivity contribution in [3.05, 3.63) is 69.0 Å². The summed E-state index contributed by atoms with van der Waals surface area (Å²) in [5, 5.41) is 21.4. The van der Waals surface area contributed by atoms with Crippen LogP contribution < -0.4 is 5.56 Å². The number of pyridine rings is 1. The van der Waals surface area contributed by atoms with Gasteiger partial charge in [0.15, 0.2) is 0 Å². The monoisotopic (exact) mass is 296 g/mol. The molecule has 0 spiro atoms. The molecule has 1 N–H and O–H groups in total. The minimum atomic E-state index is -0.855. The normalized spacial score (nSPS) is 10.8. The van der Waals surface area contributed by atoms with Crippen LogP contribution in [-0.4, -0.2) is 14.6 Å². The van der Waals surface area contributed by atoms with Crippen molar-refractivity contribution in [3.63, 3.8) is 0 Å². The van der Waals surface area contributed by atoms with Crippen LogP contribution in [0.3, 0.4) is 0 Å². The van der Waals surface area contributed by atoms with Crippen molar-refractivity contribution in [2.24, 2.45) is 7.05 Å². The van der Waals surface area contributed by atoms with Crippen LogP contribution in [0.2, 0.25) is 0 Å². The van der Waals surface area contributed by atoms with Gasteiger partial charge in [0.1, 0.15) is 0 Å². The first-order valence-corrected chi connectivity index (χ1v) is 6.56. The molecule has 0 atom stereocenters. The van der Waals surface area contributed by atoms with Gasteiger partial charge in [-0.05, 0) is 23.3 Å². The number of rotatable bonds is 2. The third-order valence-corrected chi connectivity index (χ3v) is 3.63. The van der Waals surface area contributed by atoms with E-state index in [1.807, 2.05) is 36.4 Å². The Hall–Kier alpha value is -3.15. The van der Waals surface area contributed by atoms with Crippen LogP contribution >= 0.6 is 0 Å². The molecule has 0 aliphatic heterocycles. The molecule has 0 radical (unpaired) electrons. The smallest absolute Gasteiger partial charge is 0.375 e. The summed E-state index contributed by atoms with van der Waals surface area (Å²) in [6.45, 7) is 0. The Balaban J connectivity index is 2.38. The standard InChI is InChI=1S/C16H12N2O4/c1-17-13-8-7-11(10-5-3-2-4-6-10)9-12(13)15(19)14(16(17)20)18(21)22/h2-9,19H,1H3. The van der Waals surface area contributed by atoms with E-state index in [1.54, 1.807) is 12.1 Å². The van der Waals surface area contributed by atoms with Crippen LogP contribution in [0.25, 0.3) is 22.0 Å². The fourth-order valence-corrected chi connectivity index (χ4v) is 2.49. The molecular formula is C16H12N2O4. The molecule has 0 bridgehead atoms. The van der Waals surface area contributed by atoms with Crippen molar-refractivity contribution in [2.75, 3.05) is 0 Å². The lowest BCUT2D eigenvalue weighted by atomic mass is 10.0. The molecule has 1 aromatic heterocycles. The second-order valence-corrected chi connectivity index (χ2v) is 4.92. The van der Waals surface area contributed by atoms with Crippen molar-refractivity contribution >= 4 is 16.6 Å². The van der Waals surface area contributed by atoms with Gasteiger partial charge in [-0.1, -0.05) is 36.4 Å². The summed E-state index contributed by atoms with van der Waals surface area (Å²) in [6, 6.07) is 14.6. The van der Waals surface area contributed by atoms with Crippen molar-refractivity contribution in [1.82, 2.24) is 4.57 Å². The highest BCUT2D eigenvalue weighted by Gasteiger charge is 2.24. The fourth-order valence-electron chi connectivity index (χ4n) is 2.49. The van der Waals surface area contributed by atoms with Gasteiger partial charge in [0.05, 0.1) is 10.4 Å². The molecule has 6 nitrogen and oxygen atoms in total. The van der Waals surface area contributed by atoms with Crippen LogP contribution in [0.5, 0.6) is 5.75 Å². The fraction of sp³-hybridized carbons (Fsp3) is 0.0625. The van der Waals surface area contributed by atoms with E-state index in [2.05, 4.69) is 0 Å². The summed E-state index contributed by atoms with van der Waals surface area (Å²) in [4.78, 5) is 22.1. The maximum absolute atomic E-state index is 12.0. The Morgan fingerprint density at radius 3 is 2.41 bits per heavy atom. The van der Waals surface area contributed by atoms with Crippen molar-refractivity contribution < 1.29 is 10.0 Å². The highest BCUT2D eigenvalue weighted by Crippen LogP contribution is 2.33. The summed E-state index contributed by atoms with van der Waals surface area (Å²) < 4.78 is 1.17. The summed E-state index contributed by atoms with van der Waals surface area (Å²) >= 11 is 0. The van der Waals surface area contributed by atoms with Gasteiger partial charge < -0.3 is 9.67 Å². The summed E-state index contributed by atoms with van der Waals surface area (Å²) in [7, 11) is 1.44. The van der Waals surface area contributed by atoms with E-state index in [0.717, 1.165) is 11.1 Å². The molecule has 0 saturated carbocycles. The lowest BCUT2D eigenvalue weighted by Crippen LogP contribution is -2.20. The second-order valence-electron chi connectivity index (χ2n) is 4.92. The highest BCUT2D eigenvalue weighted by atomic mass is 16.6.